The molecular formula is C11H17FN2O. The summed E-state index contributed by atoms with van der Waals surface area (Å²) in [7, 11) is 0. The second kappa shape index (κ2) is 4.98. The van der Waals surface area contributed by atoms with Crippen LogP contribution in [0.3, 0.4) is 0 Å². The summed E-state index contributed by atoms with van der Waals surface area (Å²) in [4.78, 5) is 0. The highest BCUT2D eigenvalue weighted by atomic mass is 19.1. The number of hydrogen-bond donors (Lipinski definition) is 3. The fourth-order valence-corrected chi connectivity index (χ4v) is 1.33. The van der Waals surface area contributed by atoms with Gasteiger partial charge in [0.15, 0.2) is 0 Å². The third kappa shape index (κ3) is 3.40. The van der Waals surface area contributed by atoms with E-state index in [1.165, 1.54) is 12.1 Å². The van der Waals surface area contributed by atoms with Crippen molar-refractivity contribution in [2.75, 3.05) is 17.7 Å². The lowest BCUT2D eigenvalue weighted by Crippen LogP contribution is -2.29. The van der Waals surface area contributed by atoms with Crippen LogP contribution in [0, 0.1) is 11.7 Å². The van der Waals surface area contributed by atoms with Crippen molar-refractivity contribution < 1.29 is 9.50 Å². The number of halogens is 1. The molecule has 4 N–H and O–H groups in total. The van der Waals surface area contributed by atoms with Crippen molar-refractivity contribution in [3.8, 4) is 0 Å². The summed E-state index contributed by atoms with van der Waals surface area (Å²) in [6.07, 6.45) is 0. The highest BCUT2D eigenvalue weighted by molar-refractivity contribution is 5.55. The molecular weight excluding hydrogens is 195 g/mol. The monoisotopic (exact) mass is 212 g/mol. The van der Waals surface area contributed by atoms with Crippen LogP contribution in [0.4, 0.5) is 15.8 Å². The number of nitrogens with two attached hydrogens (primary N) is 1. The van der Waals surface area contributed by atoms with Gasteiger partial charge in [-0.05, 0) is 24.1 Å². The summed E-state index contributed by atoms with van der Waals surface area (Å²) >= 11 is 0. The first-order chi connectivity index (χ1) is 7.02. The van der Waals surface area contributed by atoms with Crippen LogP contribution in [0.5, 0.6) is 0 Å². The highest BCUT2D eigenvalue weighted by Crippen LogP contribution is 2.18. The average molecular weight is 212 g/mol. The first-order valence-corrected chi connectivity index (χ1v) is 4.96. The van der Waals surface area contributed by atoms with Gasteiger partial charge in [-0.3, -0.25) is 0 Å². The fourth-order valence-electron chi connectivity index (χ4n) is 1.33. The Morgan fingerprint density at radius 1 is 1.40 bits per heavy atom. The van der Waals surface area contributed by atoms with E-state index >= 15 is 0 Å². The Hall–Kier alpha value is -1.29. The van der Waals surface area contributed by atoms with E-state index in [0.717, 1.165) is 0 Å². The molecule has 1 unspecified atom stereocenters. The summed E-state index contributed by atoms with van der Waals surface area (Å²) in [5.41, 5.74) is 6.48. The number of aliphatic hydroxyl groups excluding tert-OH is 1. The van der Waals surface area contributed by atoms with Gasteiger partial charge in [-0.2, -0.15) is 0 Å². The van der Waals surface area contributed by atoms with Gasteiger partial charge in [-0.1, -0.05) is 13.8 Å². The van der Waals surface area contributed by atoms with Crippen molar-refractivity contribution in [1.82, 2.24) is 0 Å². The van der Waals surface area contributed by atoms with E-state index < -0.39 is 0 Å². The van der Waals surface area contributed by atoms with Gasteiger partial charge < -0.3 is 16.2 Å². The van der Waals surface area contributed by atoms with E-state index in [2.05, 4.69) is 5.32 Å². The molecule has 0 radical (unpaired) electrons. The van der Waals surface area contributed by atoms with Crippen molar-refractivity contribution in [2.45, 2.75) is 19.9 Å². The van der Waals surface area contributed by atoms with Gasteiger partial charge in [0.2, 0.25) is 0 Å². The zero-order valence-electron chi connectivity index (χ0n) is 9.00. The zero-order valence-corrected chi connectivity index (χ0v) is 9.00. The summed E-state index contributed by atoms with van der Waals surface area (Å²) in [6.45, 7) is 3.97. The third-order valence-corrected chi connectivity index (χ3v) is 2.27. The van der Waals surface area contributed by atoms with E-state index in [4.69, 9.17) is 10.8 Å². The van der Waals surface area contributed by atoms with Crippen LogP contribution < -0.4 is 11.1 Å². The van der Waals surface area contributed by atoms with Crippen molar-refractivity contribution in [3.63, 3.8) is 0 Å². The Bertz CT molecular complexity index is 308. The molecule has 1 rings (SSSR count). The zero-order chi connectivity index (χ0) is 11.4. The first kappa shape index (κ1) is 11.8. The number of nitrogen functional groups attached to an aromatic ring is 1. The standard InChI is InChI=1S/C11H17FN2O/c1-7(2)11(6-15)14-10-4-8(12)3-9(13)5-10/h3-5,7,11,14-15H,6,13H2,1-2H3. The van der Waals surface area contributed by atoms with Crippen LogP contribution in [0.25, 0.3) is 0 Å². The van der Waals surface area contributed by atoms with Crippen LogP contribution in [-0.4, -0.2) is 17.8 Å². The number of nitrogens with one attached hydrogen (secondary N) is 1. The van der Waals surface area contributed by atoms with Gasteiger partial charge in [-0.25, -0.2) is 4.39 Å². The van der Waals surface area contributed by atoms with Gasteiger partial charge in [0, 0.05) is 11.4 Å². The molecule has 0 spiro atoms. The molecule has 0 heterocycles. The molecule has 15 heavy (non-hydrogen) atoms. The maximum atomic E-state index is 13.0. The normalized spacial score (nSPS) is 12.9. The van der Waals surface area contributed by atoms with Crippen molar-refractivity contribution in [1.29, 1.82) is 0 Å². The summed E-state index contributed by atoms with van der Waals surface area (Å²) < 4.78 is 13.0. The van der Waals surface area contributed by atoms with E-state index in [0.29, 0.717) is 11.4 Å². The second-order valence-electron chi connectivity index (χ2n) is 3.95. The average Bonchev–Trinajstić information content (AvgIpc) is 2.12. The lowest BCUT2D eigenvalue weighted by atomic mass is 10.1. The SMILES string of the molecule is CC(C)C(CO)Nc1cc(N)cc(F)c1. The smallest absolute Gasteiger partial charge is 0.127 e. The first-order valence-electron chi connectivity index (χ1n) is 4.96. The molecule has 0 bridgehead atoms. The molecule has 0 aliphatic rings. The molecule has 1 aromatic carbocycles. The molecule has 1 aromatic rings. The molecule has 0 saturated carbocycles. The maximum absolute atomic E-state index is 13.0. The predicted octanol–water partition coefficient (Wildman–Crippen LogP) is 1.84. The molecule has 0 amide bonds. The summed E-state index contributed by atoms with van der Waals surface area (Å²) in [6, 6.07) is 4.18. The molecule has 0 aliphatic carbocycles. The quantitative estimate of drug-likeness (QED) is 0.667. The molecule has 3 nitrogen and oxygen atoms in total. The Morgan fingerprint density at radius 3 is 2.53 bits per heavy atom. The Morgan fingerprint density at radius 2 is 2.07 bits per heavy atom. The van der Waals surface area contributed by atoms with Gasteiger partial charge in [0.1, 0.15) is 5.82 Å². The maximum Gasteiger partial charge on any atom is 0.127 e. The van der Waals surface area contributed by atoms with Crippen LogP contribution in [0.1, 0.15) is 13.8 Å². The van der Waals surface area contributed by atoms with Crippen molar-refractivity contribution in [3.05, 3.63) is 24.0 Å². The van der Waals surface area contributed by atoms with Crippen LogP contribution >= 0.6 is 0 Å². The van der Waals surface area contributed by atoms with Gasteiger partial charge in [0.05, 0.1) is 12.6 Å². The Kier molecular flexibility index (Phi) is 3.91. The highest BCUT2D eigenvalue weighted by Gasteiger charge is 2.12. The Labute approximate surface area is 89.1 Å². The summed E-state index contributed by atoms with van der Waals surface area (Å²) in [5, 5.41) is 12.1. The predicted molar refractivity (Wildman–Crippen MR) is 60.1 cm³/mol. The minimum atomic E-state index is -0.377. The van der Waals surface area contributed by atoms with Gasteiger partial charge in [0.25, 0.3) is 0 Å². The minimum Gasteiger partial charge on any atom is -0.399 e. The molecule has 0 aliphatic heterocycles. The van der Waals surface area contributed by atoms with Gasteiger partial charge >= 0.3 is 0 Å². The van der Waals surface area contributed by atoms with E-state index in [-0.39, 0.29) is 24.4 Å². The lowest BCUT2D eigenvalue weighted by molar-refractivity contribution is 0.249. The van der Waals surface area contributed by atoms with Crippen LogP contribution in [0.2, 0.25) is 0 Å². The van der Waals surface area contributed by atoms with E-state index in [1.807, 2.05) is 13.8 Å². The molecule has 1 atom stereocenters. The third-order valence-electron chi connectivity index (χ3n) is 2.27. The van der Waals surface area contributed by atoms with Crippen molar-refractivity contribution >= 4 is 11.4 Å². The molecule has 0 fully saturated rings. The molecule has 0 saturated heterocycles. The number of anilines is 2. The molecule has 84 valence electrons. The van der Waals surface area contributed by atoms with Crippen LogP contribution in [0.15, 0.2) is 18.2 Å². The van der Waals surface area contributed by atoms with Crippen LogP contribution in [-0.2, 0) is 0 Å². The molecule has 0 aromatic heterocycles. The number of aliphatic hydroxyl groups is 1. The van der Waals surface area contributed by atoms with Crippen molar-refractivity contribution in [2.24, 2.45) is 5.92 Å². The topological polar surface area (TPSA) is 58.3 Å². The largest absolute Gasteiger partial charge is 0.399 e. The Balaban J connectivity index is 2.79. The number of rotatable bonds is 4. The second-order valence-corrected chi connectivity index (χ2v) is 3.95. The minimum absolute atomic E-state index is 0.00802. The van der Waals surface area contributed by atoms with Gasteiger partial charge in [-0.15, -0.1) is 0 Å². The van der Waals surface area contributed by atoms with E-state index in [9.17, 15) is 4.39 Å². The number of hydrogen-bond acceptors (Lipinski definition) is 3. The fraction of sp³-hybridized carbons (Fsp3) is 0.455. The lowest BCUT2D eigenvalue weighted by Gasteiger charge is -2.21. The molecule has 4 heteroatoms. The summed E-state index contributed by atoms with van der Waals surface area (Å²) in [5.74, 6) is -0.113. The van der Waals surface area contributed by atoms with E-state index in [1.54, 1.807) is 6.07 Å². The number of benzene rings is 1.